The Bertz CT molecular complexity index is 569. The largest absolute Gasteiger partial charge is 0.378 e. The van der Waals surface area contributed by atoms with Crippen molar-refractivity contribution in [1.29, 1.82) is 0 Å². The van der Waals surface area contributed by atoms with Gasteiger partial charge in [0.25, 0.3) is 0 Å². The third-order valence-electron chi connectivity index (χ3n) is 3.09. The summed E-state index contributed by atoms with van der Waals surface area (Å²) >= 11 is 5.38. The van der Waals surface area contributed by atoms with E-state index in [1.54, 1.807) is 0 Å². The highest BCUT2D eigenvalue weighted by Gasteiger charge is 2.15. The fourth-order valence-electron chi connectivity index (χ4n) is 2.21. The number of hydrogen-bond acceptors (Lipinski definition) is 3. The smallest absolute Gasteiger partial charge is 0.196 e. The van der Waals surface area contributed by atoms with Gasteiger partial charge in [-0.2, -0.15) is 0 Å². The van der Waals surface area contributed by atoms with Gasteiger partial charge in [0.1, 0.15) is 0 Å². The van der Waals surface area contributed by atoms with Crippen LogP contribution in [-0.2, 0) is 4.74 Å². The van der Waals surface area contributed by atoms with Crippen LogP contribution in [-0.4, -0.2) is 36.0 Å². The molecule has 0 bridgehead atoms. The summed E-state index contributed by atoms with van der Waals surface area (Å²) in [6.07, 6.45) is 1.97. The Labute approximate surface area is 111 Å². The highest BCUT2D eigenvalue weighted by atomic mass is 32.1. The van der Waals surface area contributed by atoms with Gasteiger partial charge in [-0.1, -0.05) is 30.3 Å². The molecule has 1 aliphatic heterocycles. The lowest BCUT2D eigenvalue weighted by molar-refractivity contribution is 0.111. The summed E-state index contributed by atoms with van der Waals surface area (Å²) in [5.74, 6) is 0. The maximum atomic E-state index is 5.38. The van der Waals surface area contributed by atoms with E-state index in [0.717, 1.165) is 42.3 Å². The molecule has 1 aromatic carbocycles. The van der Waals surface area contributed by atoms with Gasteiger partial charge in [-0.25, -0.2) is 4.68 Å². The van der Waals surface area contributed by atoms with Crippen LogP contribution in [0.25, 0.3) is 11.3 Å². The van der Waals surface area contributed by atoms with Crippen LogP contribution in [0.4, 0.5) is 0 Å². The Morgan fingerprint density at radius 3 is 2.56 bits per heavy atom. The zero-order chi connectivity index (χ0) is 12.4. The third-order valence-corrected chi connectivity index (χ3v) is 3.38. The van der Waals surface area contributed by atoms with E-state index >= 15 is 0 Å². The Morgan fingerprint density at radius 2 is 1.83 bits per heavy atom. The van der Waals surface area contributed by atoms with Gasteiger partial charge in [-0.05, 0) is 12.2 Å². The lowest BCUT2D eigenvalue weighted by atomic mass is 10.2. The quantitative estimate of drug-likeness (QED) is 0.841. The second-order valence-corrected chi connectivity index (χ2v) is 4.61. The monoisotopic (exact) mass is 261 g/mol. The molecule has 3 rings (SSSR count). The second-order valence-electron chi connectivity index (χ2n) is 4.22. The number of ether oxygens (including phenoxy) is 1. The van der Waals surface area contributed by atoms with Crippen LogP contribution in [0.15, 0.2) is 36.5 Å². The molecule has 1 aromatic heterocycles. The lowest BCUT2D eigenvalue weighted by Crippen LogP contribution is -2.44. The molecule has 4 nitrogen and oxygen atoms in total. The minimum atomic E-state index is 0.732. The fraction of sp³-hybridized carbons (Fsp3) is 0.308. The number of benzene rings is 1. The molecule has 5 heteroatoms. The molecule has 0 radical (unpaired) electrons. The van der Waals surface area contributed by atoms with E-state index in [2.05, 4.69) is 26.8 Å². The highest BCUT2D eigenvalue weighted by molar-refractivity contribution is 7.71. The van der Waals surface area contributed by atoms with E-state index in [4.69, 9.17) is 17.0 Å². The van der Waals surface area contributed by atoms with Crippen molar-refractivity contribution in [3.05, 3.63) is 41.3 Å². The number of imidazole rings is 1. The SMILES string of the molecule is S=c1[nH]cc(-c2ccccc2)n1N1CCOCC1. The van der Waals surface area contributed by atoms with Crippen molar-refractivity contribution in [3.8, 4) is 11.3 Å². The number of H-pyrrole nitrogens is 1. The molecule has 0 unspecified atom stereocenters. The van der Waals surface area contributed by atoms with Gasteiger partial charge in [-0.15, -0.1) is 0 Å². The van der Waals surface area contributed by atoms with E-state index in [-0.39, 0.29) is 0 Å². The summed E-state index contributed by atoms with van der Waals surface area (Å²) in [5, 5.41) is 2.23. The number of aromatic nitrogens is 2. The molecule has 1 N–H and O–H groups in total. The van der Waals surface area contributed by atoms with Gasteiger partial charge in [0.05, 0.1) is 32.0 Å². The number of nitrogens with zero attached hydrogens (tertiary/aromatic N) is 2. The molecule has 94 valence electrons. The van der Waals surface area contributed by atoms with Gasteiger partial charge >= 0.3 is 0 Å². The topological polar surface area (TPSA) is 33.2 Å². The van der Waals surface area contributed by atoms with Crippen molar-refractivity contribution in [2.75, 3.05) is 31.3 Å². The molecule has 2 heterocycles. The van der Waals surface area contributed by atoms with Crippen molar-refractivity contribution >= 4 is 12.2 Å². The number of aromatic amines is 1. The first kappa shape index (κ1) is 11.5. The number of rotatable bonds is 2. The predicted molar refractivity (Wildman–Crippen MR) is 73.8 cm³/mol. The average molecular weight is 261 g/mol. The molecule has 1 fully saturated rings. The summed E-state index contributed by atoms with van der Waals surface area (Å²) in [5.41, 5.74) is 2.26. The Morgan fingerprint density at radius 1 is 1.11 bits per heavy atom. The van der Waals surface area contributed by atoms with Crippen molar-refractivity contribution in [2.45, 2.75) is 0 Å². The van der Waals surface area contributed by atoms with Gasteiger partial charge in [0.15, 0.2) is 4.77 Å². The zero-order valence-corrected chi connectivity index (χ0v) is 10.8. The standard InChI is InChI=1S/C13H15N3OS/c18-13-14-10-12(11-4-2-1-3-5-11)16(13)15-6-8-17-9-7-15/h1-5,10H,6-9H2,(H,14,18). The Kier molecular flexibility index (Phi) is 3.17. The van der Waals surface area contributed by atoms with Crippen LogP contribution in [0.2, 0.25) is 0 Å². The molecule has 0 spiro atoms. The summed E-state index contributed by atoms with van der Waals surface area (Å²) in [7, 11) is 0. The van der Waals surface area contributed by atoms with Crippen LogP contribution in [0.5, 0.6) is 0 Å². The summed E-state index contributed by atoms with van der Waals surface area (Å²) in [6.45, 7) is 3.24. The molecule has 1 aliphatic rings. The molecule has 0 aliphatic carbocycles. The highest BCUT2D eigenvalue weighted by Crippen LogP contribution is 2.19. The average Bonchev–Trinajstić information content (AvgIpc) is 2.83. The van der Waals surface area contributed by atoms with E-state index in [1.807, 2.05) is 24.4 Å². The first-order chi connectivity index (χ1) is 8.86. The van der Waals surface area contributed by atoms with E-state index in [0.29, 0.717) is 0 Å². The van der Waals surface area contributed by atoms with Crippen LogP contribution >= 0.6 is 12.2 Å². The molecular weight excluding hydrogens is 246 g/mol. The van der Waals surface area contributed by atoms with Crippen molar-refractivity contribution in [1.82, 2.24) is 9.66 Å². The van der Waals surface area contributed by atoms with Crippen LogP contribution in [0.3, 0.4) is 0 Å². The van der Waals surface area contributed by atoms with Gasteiger partial charge in [0, 0.05) is 11.8 Å². The zero-order valence-electron chi connectivity index (χ0n) is 10.0. The molecule has 0 amide bonds. The molecule has 2 aromatic rings. The van der Waals surface area contributed by atoms with Crippen molar-refractivity contribution < 1.29 is 4.74 Å². The first-order valence-electron chi connectivity index (χ1n) is 6.05. The maximum absolute atomic E-state index is 5.38. The minimum absolute atomic E-state index is 0.732. The van der Waals surface area contributed by atoms with E-state index in [1.165, 1.54) is 0 Å². The number of hydrogen-bond donors (Lipinski definition) is 1. The third kappa shape index (κ3) is 2.07. The molecular formula is C13H15N3OS. The fourth-order valence-corrected chi connectivity index (χ4v) is 2.48. The summed E-state index contributed by atoms with van der Waals surface area (Å²) < 4.78 is 8.19. The Hall–Kier alpha value is -1.59. The molecule has 0 saturated carbocycles. The second kappa shape index (κ2) is 4.96. The van der Waals surface area contributed by atoms with Gasteiger partial charge in [-0.3, -0.25) is 0 Å². The van der Waals surface area contributed by atoms with Crippen LogP contribution in [0.1, 0.15) is 0 Å². The van der Waals surface area contributed by atoms with Crippen LogP contribution < -0.4 is 5.01 Å². The minimum Gasteiger partial charge on any atom is -0.378 e. The lowest BCUT2D eigenvalue weighted by Gasteiger charge is -2.30. The normalized spacial score (nSPS) is 15.9. The van der Waals surface area contributed by atoms with Crippen molar-refractivity contribution in [2.24, 2.45) is 0 Å². The van der Waals surface area contributed by atoms with Gasteiger partial charge in [0.2, 0.25) is 0 Å². The maximum Gasteiger partial charge on any atom is 0.196 e. The first-order valence-corrected chi connectivity index (χ1v) is 6.46. The Balaban J connectivity index is 2.03. The van der Waals surface area contributed by atoms with E-state index in [9.17, 15) is 0 Å². The summed E-state index contributed by atoms with van der Waals surface area (Å²) in [4.78, 5) is 3.13. The number of morpholine rings is 1. The predicted octanol–water partition coefficient (Wildman–Crippen LogP) is 2.18. The van der Waals surface area contributed by atoms with E-state index < -0.39 is 0 Å². The molecule has 18 heavy (non-hydrogen) atoms. The number of nitrogens with one attached hydrogen (secondary N) is 1. The van der Waals surface area contributed by atoms with Crippen molar-refractivity contribution in [3.63, 3.8) is 0 Å². The van der Waals surface area contributed by atoms with Gasteiger partial charge < -0.3 is 14.7 Å². The van der Waals surface area contributed by atoms with Crippen LogP contribution in [0, 0.1) is 4.77 Å². The summed E-state index contributed by atoms with van der Waals surface area (Å²) in [6, 6.07) is 10.3. The molecule has 1 saturated heterocycles. The molecule has 0 atom stereocenters.